The van der Waals surface area contributed by atoms with E-state index in [-0.39, 0.29) is 24.1 Å². The minimum Gasteiger partial charge on any atom is -0.481 e. The smallest absolute Gasteiger partial charge is 0.308 e. The molecule has 1 aromatic rings. The van der Waals surface area contributed by atoms with Gasteiger partial charge in [-0.1, -0.05) is 13.8 Å². The van der Waals surface area contributed by atoms with Crippen LogP contribution in [0.25, 0.3) is 0 Å². The molecule has 110 valence electrons. The van der Waals surface area contributed by atoms with Crippen LogP contribution in [-0.4, -0.2) is 52.7 Å². The molecule has 0 saturated heterocycles. The maximum Gasteiger partial charge on any atom is 0.308 e. The Labute approximate surface area is 118 Å². The normalized spacial score (nSPS) is 12.1. The number of carboxylic acids is 1. The number of carboxylic acid groups (broad SMARTS) is 1. The Kier molecular flexibility index (Phi) is 5.42. The maximum absolute atomic E-state index is 11.6. The van der Waals surface area contributed by atoms with Crippen LogP contribution in [-0.2, 0) is 4.79 Å². The van der Waals surface area contributed by atoms with Gasteiger partial charge in [-0.25, -0.2) is 0 Å². The van der Waals surface area contributed by atoms with E-state index in [0.717, 1.165) is 0 Å². The van der Waals surface area contributed by atoms with E-state index >= 15 is 0 Å². The Morgan fingerprint density at radius 1 is 1.30 bits per heavy atom. The van der Waals surface area contributed by atoms with Crippen LogP contribution in [0.5, 0.6) is 0 Å². The number of anilines is 1. The molecule has 1 atom stereocenters. The average Bonchev–Trinajstić information content (AvgIpc) is 2.38. The SMILES string of the molecule is CC(C)C(CNc1ccc(C(=O)N(C)C)nn1)C(=O)O. The molecule has 2 N–H and O–H groups in total. The van der Waals surface area contributed by atoms with E-state index in [1.165, 1.54) is 4.90 Å². The van der Waals surface area contributed by atoms with Gasteiger partial charge < -0.3 is 15.3 Å². The van der Waals surface area contributed by atoms with Crippen LogP contribution >= 0.6 is 0 Å². The molecule has 1 amide bonds. The molecule has 0 radical (unpaired) electrons. The van der Waals surface area contributed by atoms with Gasteiger partial charge in [-0.2, -0.15) is 0 Å². The van der Waals surface area contributed by atoms with Gasteiger partial charge in [0.1, 0.15) is 5.82 Å². The number of carbonyl (C=O) groups is 2. The third kappa shape index (κ3) is 4.18. The van der Waals surface area contributed by atoms with E-state index in [4.69, 9.17) is 5.11 Å². The summed E-state index contributed by atoms with van der Waals surface area (Å²) in [6.45, 7) is 3.97. The Morgan fingerprint density at radius 3 is 2.35 bits per heavy atom. The number of nitrogens with one attached hydrogen (secondary N) is 1. The summed E-state index contributed by atoms with van der Waals surface area (Å²) in [7, 11) is 3.27. The molecule has 0 aliphatic heterocycles. The van der Waals surface area contributed by atoms with E-state index in [1.54, 1.807) is 26.2 Å². The van der Waals surface area contributed by atoms with Gasteiger partial charge in [0, 0.05) is 20.6 Å². The minimum absolute atomic E-state index is 0.0163. The molecule has 1 rings (SSSR count). The highest BCUT2D eigenvalue weighted by atomic mass is 16.4. The van der Waals surface area contributed by atoms with Crippen LogP contribution < -0.4 is 5.32 Å². The molecule has 7 nitrogen and oxygen atoms in total. The fourth-order valence-electron chi connectivity index (χ4n) is 1.59. The van der Waals surface area contributed by atoms with Crippen LogP contribution in [0.3, 0.4) is 0 Å². The second-order valence-corrected chi connectivity index (χ2v) is 5.07. The number of hydrogen-bond donors (Lipinski definition) is 2. The van der Waals surface area contributed by atoms with Gasteiger partial charge in [-0.05, 0) is 18.1 Å². The average molecular weight is 280 g/mol. The highest BCUT2D eigenvalue weighted by molar-refractivity contribution is 5.91. The molecule has 0 aliphatic rings. The summed E-state index contributed by atoms with van der Waals surface area (Å²) < 4.78 is 0. The van der Waals surface area contributed by atoms with Gasteiger partial charge in [0.15, 0.2) is 5.69 Å². The molecule has 0 aliphatic carbocycles. The van der Waals surface area contributed by atoms with Gasteiger partial charge in [-0.3, -0.25) is 9.59 Å². The molecule has 1 aromatic heterocycles. The predicted molar refractivity (Wildman–Crippen MR) is 74.5 cm³/mol. The van der Waals surface area contributed by atoms with E-state index in [9.17, 15) is 9.59 Å². The first-order chi connectivity index (χ1) is 9.32. The van der Waals surface area contributed by atoms with Gasteiger partial charge in [-0.15, -0.1) is 10.2 Å². The van der Waals surface area contributed by atoms with Crippen molar-refractivity contribution < 1.29 is 14.7 Å². The van der Waals surface area contributed by atoms with Crippen LogP contribution in [0.4, 0.5) is 5.82 Å². The molecule has 7 heteroatoms. The Balaban J connectivity index is 2.66. The number of carbonyl (C=O) groups excluding carboxylic acids is 1. The van der Waals surface area contributed by atoms with Gasteiger partial charge in [0.2, 0.25) is 0 Å². The maximum atomic E-state index is 11.6. The lowest BCUT2D eigenvalue weighted by molar-refractivity contribution is -0.142. The number of aliphatic carboxylic acids is 1. The number of aromatic nitrogens is 2. The molecule has 0 bridgehead atoms. The van der Waals surface area contributed by atoms with Crippen molar-refractivity contribution in [2.45, 2.75) is 13.8 Å². The van der Waals surface area contributed by atoms with Crippen molar-refractivity contribution in [2.75, 3.05) is 26.0 Å². The summed E-state index contributed by atoms with van der Waals surface area (Å²) >= 11 is 0. The molecule has 0 aromatic carbocycles. The van der Waals surface area contributed by atoms with Crippen molar-refractivity contribution in [3.8, 4) is 0 Å². The van der Waals surface area contributed by atoms with Gasteiger partial charge >= 0.3 is 5.97 Å². The fourth-order valence-corrected chi connectivity index (χ4v) is 1.59. The zero-order valence-corrected chi connectivity index (χ0v) is 12.1. The van der Waals surface area contributed by atoms with Crippen molar-refractivity contribution in [3.63, 3.8) is 0 Å². The highest BCUT2D eigenvalue weighted by Crippen LogP contribution is 2.12. The number of amides is 1. The largest absolute Gasteiger partial charge is 0.481 e. The monoisotopic (exact) mass is 280 g/mol. The number of hydrogen-bond acceptors (Lipinski definition) is 5. The molecule has 1 heterocycles. The minimum atomic E-state index is -0.847. The molecular weight excluding hydrogens is 260 g/mol. The molecule has 20 heavy (non-hydrogen) atoms. The zero-order chi connectivity index (χ0) is 15.3. The van der Waals surface area contributed by atoms with Crippen LogP contribution in [0.15, 0.2) is 12.1 Å². The quantitative estimate of drug-likeness (QED) is 0.805. The number of nitrogens with zero attached hydrogens (tertiary/aromatic N) is 3. The third-order valence-electron chi connectivity index (χ3n) is 2.91. The van der Waals surface area contributed by atoms with E-state index in [2.05, 4.69) is 15.5 Å². The molecule has 0 saturated carbocycles. The van der Waals surface area contributed by atoms with E-state index in [1.807, 2.05) is 13.8 Å². The topological polar surface area (TPSA) is 95.4 Å². The van der Waals surface area contributed by atoms with E-state index in [0.29, 0.717) is 5.82 Å². The van der Waals surface area contributed by atoms with Gasteiger partial charge in [0.25, 0.3) is 5.91 Å². The first-order valence-corrected chi connectivity index (χ1v) is 6.35. The lowest BCUT2D eigenvalue weighted by atomic mass is 9.96. The summed E-state index contributed by atoms with van der Waals surface area (Å²) in [5, 5.41) is 19.7. The Hall–Kier alpha value is -2.18. The van der Waals surface area contributed by atoms with Crippen molar-refractivity contribution in [1.29, 1.82) is 0 Å². The molecular formula is C13H20N4O3. The van der Waals surface area contributed by atoms with Crippen molar-refractivity contribution in [3.05, 3.63) is 17.8 Å². The highest BCUT2D eigenvalue weighted by Gasteiger charge is 2.21. The Bertz CT molecular complexity index is 471. The second-order valence-electron chi connectivity index (χ2n) is 5.07. The second kappa shape index (κ2) is 6.83. The standard InChI is InChI=1S/C13H20N4O3/c1-8(2)9(13(19)20)7-14-11-6-5-10(15-16-11)12(18)17(3)4/h5-6,8-9H,7H2,1-4H3,(H,14,16)(H,19,20). The Morgan fingerprint density at radius 2 is 1.95 bits per heavy atom. The summed E-state index contributed by atoms with van der Waals surface area (Å²) in [6.07, 6.45) is 0. The molecule has 1 unspecified atom stereocenters. The summed E-state index contributed by atoms with van der Waals surface area (Å²) in [6, 6.07) is 3.17. The first-order valence-electron chi connectivity index (χ1n) is 6.35. The zero-order valence-electron chi connectivity index (χ0n) is 12.1. The van der Waals surface area contributed by atoms with Crippen LogP contribution in [0.1, 0.15) is 24.3 Å². The van der Waals surface area contributed by atoms with E-state index < -0.39 is 11.9 Å². The lowest BCUT2D eigenvalue weighted by Gasteiger charge is -2.16. The van der Waals surface area contributed by atoms with Crippen molar-refractivity contribution in [2.24, 2.45) is 11.8 Å². The molecule has 0 fully saturated rings. The van der Waals surface area contributed by atoms with Crippen LogP contribution in [0, 0.1) is 11.8 Å². The van der Waals surface area contributed by atoms with Gasteiger partial charge in [0.05, 0.1) is 5.92 Å². The van der Waals surface area contributed by atoms with Crippen LogP contribution in [0.2, 0.25) is 0 Å². The van der Waals surface area contributed by atoms with Crippen molar-refractivity contribution >= 4 is 17.7 Å². The number of rotatable bonds is 6. The third-order valence-corrected chi connectivity index (χ3v) is 2.91. The fraction of sp³-hybridized carbons (Fsp3) is 0.538. The first kappa shape index (κ1) is 15.9. The summed E-state index contributed by atoms with van der Waals surface area (Å²) in [4.78, 5) is 24.1. The summed E-state index contributed by atoms with van der Waals surface area (Å²) in [5.41, 5.74) is 0.249. The van der Waals surface area contributed by atoms with Crippen molar-refractivity contribution in [1.82, 2.24) is 15.1 Å². The lowest BCUT2D eigenvalue weighted by Crippen LogP contribution is -2.28. The summed E-state index contributed by atoms with van der Waals surface area (Å²) in [5.74, 6) is -1.11. The predicted octanol–water partition coefficient (Wildman–Crippen LogP) is 0.947. The molecule has 0 spiro atoms.